The second-order valence-electron chi connectivity index (χ2n) is 7.53. The molecule has 1 saturated heterocycles. The summed E-state index contributed by atoms with van der Waals surface area (Å²) in [5, 5.41) is 9.20. The molecule has 31 heavy (non-hydrogen) atoms. The lowest BCUT2D eigenvalue weighted by molar-refractivity contribution is -0.214. The molecule has 1 atom stereocenters. The van der Waals surface area contributed by atoms with Gasteiger partial charge in [0.2, 0.25) is 6.10 Å². The summed E-state index contributed by atoms with van der Waals surface area (Å²) in [4.78, 5) is 22.0. The van der Waals surface area contributed by atoms with Gasteiger partial charge < -0.3 is 14.7 Å². The van der Waals surface area contributed by atoms with Gasteiger partial charge in [-0.25, -0.2) is 19.2 Å². The van der Waals surface area contributed by atoms with Gasteiger partial charge in [0.05, 0.1) is 18.5 Å². The molecule has 7 nitrogen and oxygen atoms in total. The number of aliphatic hydroxyl groups is 1. The Balaban J connectivity index is 1.46. The minimum absolute atomic E-state index is 0.102. The highest BCUT2D eigenvalue weighted by Gasteiger charge is 2.43. The Labute approximate surface area is 179 Å². The molecule has 2 aromatic rings. The summed E-state index contributed by atoms with van der Waals surface area (Å²) in [5.74, 6) is 0.723. The number of aliphatic hydroxyl groups excluding tert-OH is 1. The molecule has 0 spiro atoms. The van der Waals surface area contributed by atoms with E-state index in [4.69, 9.17) is 16.7 Å². The van der Waals surface area contributed by atoms with Gasteiger partial charge in [0.25, 0.3) is 0 Å². The molecule has 0 aliphatic carbocycles. The fourth-order valence-corrected chi connectivity index (χ4v) is 4.32. The molecular weight excluding hydrogens is 444 g/mol. The van der Waals surface area contributed by atoms with E-state index in [1.165, 1.54) is 11.0 Å². The number of amides is 1. The topological polar surface area (TPSA) is 80.5 Å². The minimum atomic E-state index is -4.83. The number of aromatic nitrogens is 3. The molecule has 0 radical (unpaired) electrons. The van der Waals surface area contributed by atoms with Crippen molar-refractivity contribution >= 4 is 17.7 Å². The Kier molecular flexibility index (Phi) is 5.82. The number of likely N-dealkylation sites (tertiary alicyclic amines) is 1. The van der Waals surface area contributed by atoms with Crippen LogP contribution < -0.4 is 0 Å². The van der Waals surface area contributed by atoms with Crippen LogP contribution in [0.1, 0.15) is 35.8 Å². The summed E-state index contributed by atoms with van der Waals surface area (Å²) in [7, 11) is 0. The number of pyridine rings is 1. The number of nitrogens with zero attached hydrogens (tertiary/aromatic N) is 4. The summed E-state index contributed by atoms with van der Waals surface area (Å²) in [6.45, 7) is -1.00. The number of carbonyl (C=O) groups excluding carboxylic acids is 1. The zero-order valence-electron chi connectivity index (χ0n) is 16.2. The molecule has 0 bridgehead atoms. The van der Waals surface area contributed by atoms with E-state index < -0.39 is 30.8 Å². The number of aryl methyl sites for hydroxylation is 2. The van der Waals surface area contributed by atoms with Crippen molar-refractivity contribution in [2.75, 3.05) is 19.7 Å². The molecule has 12 heteroatoms. The van der Waals surface area contributed by atoms with Crippen LogP contribution in [0, 0.1) is 5.82 Å². The van der Waals surface area contributed by atoms with Gasteiger partial charge in [-0.1, -0.05) is 11.6 Å². The number of hydrogen-bond donors (Lipinski definition) is 1. The van der Waals surface area contributed by atoms with Gasteiger partial charge in [-0.15, -0.1) is 0 Å². The zero-order chi connectivity index (χ0) is 22.3. The Morgan fingerprint density at radius 1 is 1.32 bits per heavy atom. The Morgan fingerprint density at radius 2 is 2.03 bits per heavy atom. The predicted octanol–water partition coefficient (Wildman–Crippen LogP) is 3.40. The number of rotatable bonds is 3. The summed E-state index contributed by atoms with van der Waals surface area (Å²) in [6.07, 6.45) is -5.36. The highest BCUT2D eigenvalue weighted by molar-refractivity contribution is 6.30. The van der Waals surface area contributed by atoms with E-state index >= 15 is 0 Å². The van der Waals surface area contributed by atoms with E-state index in [0.717, 1.165) is 11.8 Å². The van der Waals surface area contributed by atoms with Crippen molar-refractivity contribution < 1.29 is 32.2 Å². The van der Waals surface area contributed by atoms with E-state index in [2.05, 4.69) is 14.7 Å². The Bertz CT molecular complexity index is 989. The number of fused-ring (bicyclic) bond motifs is 3. The summed E-state index contributed by atoms with van der Waals surface area (Å²) >= 11 is 6.59. The third kappa shape index (κ3) is 4.20. The number of alkyl halides is 3. The summed E-state index contributed by atoms with van der Waals surface area (Å²) in [5.41, 5.74) is 1.37. The summed E-state index contributed by atoms with van der Waals surface area (Å²) < 4.78 is 57.7. The van der Waals surface area contributed by atoms with Crippen LogP contribution in [-0.2, 0) is 17.6 Å². The quantitative estimate of drug-likeness (QED) is 0.707. The van der Waals surface area contributed by atoms with Crippen LogP contribution in [0.15, 0.2) is 12.3 Å². The smallest absolute Gasteiger partial charge is 0.427 e. The minimum Gasteiger partial charge on any atom is -0.434 e. The molecule has 0 aromatic carbocycles. The molecule has 2 aliphatic heterocycles. The van der Waals surface area contributed by atoms with Crippen LogP contribution in [-0.4, -0.2) is 62.6 Å². The van der Waals surface area contributed by atoms with Crippen molar-refractivity contribution in [3.8, 4) is 5.82 Å². The monoisotopic (exact) mass is 462 g/mol. The van der Waals surface area contributed by atoms with Gasteiger partial charge in [0.1, 0.15) is 22.6 Å². The average molecular weight is 463 g/mol. The van der Waals surface area contributed by atoms with E-state index in [9.17, 15) is 22.4 Å². The normalized spacial score (nSPS) is 17.8. The lowest BCUT2D eigenvalue weighted by Crippen LogP contribution is -2.44. The maximum absolute atomic E-state index is 13.5. The second-order valence-corrected chi connectivity index (χ2v) is 7.89. The molecule has 4 rings (SSSR count). The van der Waals surface area contributed by atoms with Crippen molar-refractivity contribution in [1.82, 2.24) is 19.4 Å². The van der Waals surface area contributed by atoms with Crippen molar-refractivity contribution in [3.63, 3.8) is 0 Å². The molecule has 1 unspecified atom stereocenters. The SMILES string of the molecule is O=C(OC(CO)C(F)(F)F)N1CCC(c2nc3n(c2Cl)-c2ncc(F)cc2CC3)CC1. The molecule has 2 aliphatic rings. The van der Waals surface area contributed by atoms with Crippen LogP contribution in [0.3, 0.4) is 0 Å². The number of piperidine rings is 1. The molecule has 1 amide bonds. The molecule has 4 heterocycles. The maximum atomic E-state index is 13.5. The first kappa shape index (κ1) is 21.8. The number of ether oxygens (including phenoxy) is 1. The first-order valence-corrected chi connectivity index (χ1v) is 10.1. The van der Waals surface area contributed by atoms with Crippen molar-refractivity contribution in [3.05, 3.63) is 40.3 Å². The van der Waals surface area contributed by atoms with Crippen molar-refractivity contribution in [1.29, 1.82) is 0 Å². The van der Waals surface area contributed by atoms with Crippen molar-refractivity contribution in [2.45, 2.75) is 43.9 Å². The van der Waals surface area contributed by atoms with E-state index in [1.807, 2.05) is 0 Å². The van der Waals surface area contributed by atoms with Crippen LogP contribution >= 0.6 is 11.6 Å². The highest BCUT2D eigenvalue weighted by atomic mass is 35.5. The standard InChI is InChI=1S/C19H19ClF4N4O3/c20-16-15(26-14-2-1-11-7-12(21)8-25-17(11)28(14)16)10-3-5-27(6-4-10)18(30)31-13(9-29)19(22,23)24/h7-8,10,13,29H,1-6,9H2. The molecule has 168 valence electrons. The van der Waals surface area contributed by atoms with Crippen LogP contribution in [0.25, 0.3) is 5.82 Å². The third-order valence-electron chi connectivity index (χ3n) is 5.57. The van der Waals surface area contributed by atoms with Crippen LogP contribution in [0.2, 0.25) is 5.15 Å². The van der Waals surface area contributed by atoms with Crippen LogP contribution in [0.5, 0.6) is 0 Å². The van der Waals surface area contributed by atoms with Gasteiger partial charge in [0.15, 0.2) is 0 Å². The zero-order valence-corrected chi connectivity index (χ0v) is 17.0. The Morgan fingerprint density at radius 3 is 2.68 bits per heavy atom. The highest BCUT2D eigenvalue weighted by Crippen LogP contribution is 2.37. The lowest BCUT2D eigenvalue weighted by atomic mass is 9.94. The molecular formula is C19H19ClF4N4O3. The van der Waals surface area contributed by atoms with Gasteiger partial charge in [-0.2, -0.15) is 13.2 Å². The Hall–Kier alpha value is -2.40. The molecule has 2 aromatic heterocycles. The van der Waals surface area contributed by atoms with Gasteiger partial charge in [0, 0.05) is 25.4 Å². The summed E-state index contributed by atoms with van der Waals surface area (Å²) in [6, 6.07) is 1.42. The number of halogens is 5. The largest absolute Gasteiger partial charge is 0.434 e. The molecule has 0 saturated carbocycles. The number of hydrogen-bond acceptors (Lipinski definition) is 5. The first-order chi connectivity index (χ1) is 14.7. The van der Waals surface area contributed by atoms with E-state index in [1.54, 1.807) is 4.57 Å². The molecule has 1 N–H and O–H groups in total. The van der Waals surface area contributed by atoms with Gasteiger partial charge in [-0.05, 0) is 30.9 Å². The van der Waals surface area contributed by atoms with Crippen molar-refractivity contribution in [2.24, 2.45) is 0 Å². The van der Waals surface area contributed by atoms with Gasteiger partial charge >= 0.3 is 12.3 Å². The fourth-order valence-electron chi connectivity index (χ4n) is 3.95. The lowest BCUT2D eigenvalue weighted by Gasteiger charge is -2.32. The van der Waals surface area contributed by atoms with Crippen LogP contribution in [0.4, 0.5) is 22.4 Å². The van der Waals surface area contributed by atoms with Gasteiger partial charge in [-0.3, -0.25) is 4.57 Å². The average Bonchev–Trinajstić information content (AvgIpc) is 3.07. The second kappa shape index (κ2) is 8.27. The third-order valence-corrected chi connectivity index (χ3v) is 5.93. The van der Waals surface area contributed by atoms with E-state index in [0.29, 0.717) is 48.2 Å². The number of imidazole rings is 1. The maximum Gasteiger partial charge on any atom is 0.427 e. The molecule has 1 fully saturated rings. The predicted molar refractivity (Wildman–Crippen MR) is 101 cm³/mol. The fraction of sp³-hybridized carbons (Fsp3) is 0.526. The number of carbonyl (C=O) groups is 1. The van der Waals surface area contributed by atoms with E-state index in [-0.39, 0.29) is 19.0 Å². The first-order valence-electron chi connectivity index (χ1n) is 9.74.